The monoisotopic (exact) mass is 365 g/mol. The minimum absolute atomic E-state index is 0.168. The van der Waals surface area contributed by atoms with Crippen LogP contribution in [0.15, 0.2) is 41.5 Å². The Bertz CT molecular complexity index is 1010. The van der Waals surface area contributed by atoms with E-state index in [0.717, 1.165) is 36.6 Å². The summed E-state index contributed by atoms with van der Waals surface area (Å²) < 4.78 is 0. The van der Waals surface area contributed by atoms with Crippen LogP contribution in [0, 0.1) is 6.92 Å². The summed E-state index contributed by atoms with van der Waals surface area (Å²) in [5.41, 5.74) is 0.933. The molecule has 4 rings (SSSR count). The number of aromatic nitrogens is 3. The van der Waals surface area contributed by atoms with Crippen LogP contribution >= 0.6 is 0 Å². The first-order valence-electron chi connectivity index (χ1n) is 9.25. The van der Waals surface area contributed by atoms with Gasteiger partial charge in [0.1, 0.15) is 17.5 Å². The van der Waals surface area contributed by atoms with Gasteiger partial charge in [0, 0.05) is 18.4 Å². The van der Waals surface area contributed by atoms with E-state index < -0.39 is 0 Å². The van der Waals surface area contributed by atoms with Crippen LogP contribution in [0.25, 0.3) is 10.8 Å². The van der Waals surface area contributed by atoms with Crippen LogP contribution in [0.2, 0.25) is 0 Å². The van der Waals surface area contributed by atoms with E-state index in [2.05, 4.69) is 25.6 Å². The summed E-state index contributed by atoms with van der Waals surface area (Å²) in [6.45, 7) is 2.00. The Morgan fingerprint density at radius 3 is 2.74 bits per heavy atom. The summed E-state index contributed by atoms with van der Waals surface area (Å²) >= 11 is 0. The maximum Gasteiger partial charge on any atom is 0.259 e. The zero-order valence-electron chi connectivity index (χ0n) is 15.2. The molecule has 1 saturated carbocycles. The van der Waals surface area contributed by atoms with Crippen molar-refractivity contribution < 1.29 is 5.11 Å². The number of fused-ring (bicyclic) bond motifs is 1. The van der Waals surface area contributed by atoms with E-state index in [1.54, 1.807) is 12.4 Å². The fraction of sp³-hybridized carbons (Fsp3) is 0.350. The maximum atomic E-state index is 12.4. The molecule has 7 nitrogen and oxygen atoms in total. The highest BCUT2D eigenvalue weighted by atomic mass is 16.3. The molecule has 0 radical (unpaired) electrons. The number of anilines is 3. The average Bonchev–Trinajstić information content (AvgIpc) is 2.63. The second kappa shape index (κ2) is 7.36. The predicted molar refractivity (Wildman–Crippen MR) is 107 cm³/mol. The van der Waals surface area contributed by atoms with E-state index >= 15 is 0 Å². The third-order valence-electron chi connectivity index (χ3n) is 4.96. The Hall–Kier alpha value is -2.93. The number of nitrogens with one attached hydrogen (secondary N) is 3. The lowest BCUT2D eigenvalue weighted by Crippen LogP contribution is -2.29. The molecular formula is C20H23N5O2. The number of hydrogen-bond acceptors (Lipinski definition) is 6. The van der Waals surface area contributed by atoms with Crippen molar-refractivity contribution in [3.63, 3.8) is 0 Å². The Kier molecular flexibility index (Phi) is 4.77. The van der Waals surface area contributed by atoms with Crippen LogP contribution in [-0.4, -0.2) is 32.2 Å². The van der Waals surface area contributed by atoms with Crippen molar-refractivity contribution in [1.29, 1.82) is 0 Å². The molecular weight excluding hydrogens is 342 g/mol. The molecule has 0 aliphatic heterocycles. The van der Waals surface area contributed by atoms with Gasteiger partial charge in [0.2, 0.25) is 0 Å². The lowest BCUT2D eigenvalue weighted by Gasteiger charge is -2.27. The lowest BCUT2D eigenvalue weighted by molar-refractivity contribution is 0.126. The van der Waals surface area contributed by atoms with Crippen molar-refractivity contribution in [2.45, 2.75) is 44.8 Å². The maximum absolute atomic E-state index is 12.4. The minimum atomic E-state index is -0.225. The molecule has 7 heteroatoms. The molecule has 27 heavy (non-hydrogen) atoms. The van der Waals surface area contributed by atoms with Crippen LogP contribution in [0.5, 0.6) is 0 Å². The largest absolute Gasteiger partial charge is 0.393 e. The summed E-state index contributed by atoms with van der Waals surface area (Å²) in [7, 11) is 0. The molecule has 0 saturated heterocycles. The zero-order valence-corrected chi connectivity index (χ0v) is 15.2. The van der Waals surface area contributed by atoms with E-state index in [0.29, 0.717) is 22.8 Å². The summed E-state index contributed by atoms with van der Waals surface area (Å²) in [5, 5.41) is 17.7. The number of pyridine rings is 3. The number of hydrogen-bond donors (Lipinski definition) is 4. The fourth-order valence-corrected chi connectivity index (χ4v) is 3.53. The van der Waals surface area contributed by atoms with Crippen LogP contribution in [0.3, 0.4) is 0 Å². The minimum Gasteiger partial charge on any atom is -0.393 e. The molecule has 0 aromatic carbocycles. The van der Waals surface area contributed by atoms with Gasteiger partial charge in [-0.1, -0.05) is 0 Å². The van der Waals surface area contributed by atoms with Gasteiger partial charge >= 0.3 is 0 Å². The number of H-pyrrole nitrogens is 1. The number of aryl methyl sites for hydroxylation is 1. The van der Waals surface area contributed by atoms with E-state index in [1.165, 1.54) is 0 Å². The van der Waals surface area contributed by atoms with Gasteiger partial charge in [-0.05, 0) is 67.8 Å². The van der Waals surface area contributed by atoms with Crippen molar-refractivity contribution in [3.8, 4) is 0 Å². The number of nitrogens with zero attached hydrogens (tertiary/aromatic N) is 2. The van der Waals surface area contributed by atoms with E-state index in [1.807, 2.05) is 31.2 Å². The zero-order chi connectivity index (χ0) is 18.8. The summed E-state index contributed by atoms with van der Waals surface area (Å²) in [4.78, 5) is 24.1. The summed E-state index contributed by atoms with van der Waals surface area (Å²) in [5.74, 6) is 1.90. The SMILES string of the molecule is Cc1ccnc(Nc2cc3cc[nH]c(=O)c3c(NC3CCC(O)CC3)n2)c1. The molecule has 3 aromatic heterocycles. The normalized spacial score (nSPS) is 19.8. The second-order valence-electron chi connectivity index (χ2n) is 7.12. The molecule has 0 spiro atoms. The second-order valence-corrected chi connectivity index (χ2v) is 7.12. The molecule has 0 unspecified atom stereocenters. The van der Waals surface area contributed by atoms with Gasteiger partial charge in [-0.2, -0.15) is 0 Å². The average molecular weight is 365 g/mol. The predicted octanol–water partition coefficient (Wildman–Crippen LogP) is 3.09. The van der Waals surface area contributed by atoms with E-state index in [-0.39, 0.29) is 17.7 Å². The van der Waals surface area contributed by atoms with Crippen LogP contribution in [0.1, 0.15) is 31.2 Å². The van der Waals surface area contributed by atoms with Crippen LogP contribution < -0.4 is 16.2 Å². The molecule has 0 amide bonds. The number of rotatable bonds is 4. The van der Waals surface area contributed by atoms with Crippen molar-refractivity contribution in [2.75, 3.05) is 10.6 Å². The molecule has 1 fully saturated rings. The Labute approximate surface area is 156 Å². The van der Waals surface area contributed by atoms with Gasteiger partial charge in [-0.3, -0.25) is 4.79 Å². The van der Waals surface area contributed by atoms with Gasteiger partial charge < -0.3 is 20.7 Å². The molecule has 3 heterocycles. The van der Waals surface area contributed by atoms with Crippen molar-refractivity contribution in [2.24, 2.45) is 0 Å². The molecule has 3 aromatic rings. The Morgan fingerprint density at radius 2 is 1.96 bits per heavy atom. The van der Waals surface area contributed by atoms with Gasteiger partial charge in [0.15, 0.2) is 0 Å². The molecule has 1 aliphatic rings. The standard InChI is InChI=1S/C20H23N5O2/c1-12-6-8-21-16(10-12)24-17-11-13-7-9-22-20(27)18(13)19(25-17)23-14-2-4-15(26)5-3-14/h6-11,14-15,26H,2-5H2,1H3,(H,22,27)(H2,21,23,24,25). The first-order chi connectivity index (χ1) is 13.1. The van der Waals surface area contributed by atoms with E-state index in [9.17, 15) is 9.90 Å². The first-order valence-corrected chi connectivity index (χ1v) is 9.25. The highest BCUT2D eigenvalue weighted by molar-refractivity contribution is 5.93. The van der Waals surface area contributed by atoms with Gasteiger partial charge in [0.05, 0.1) is 11.5 Å². The van der Waals surface area contributed by atoms with E-state index in [4.69, 9.17) is 0 Å². The first kappa shape index (κ1) is 17.5. The Balaban J connectivity index is 1.70. The van der Waals surface area contributed by atoms with Gasteiger partial charge in [0.25, 0.3) is 5.56 Å². The van der Waals surface area contributed by atoms with Crippen LogP contribution in [-0.2, 0) is 0 Å². The number of aliphatic hydroxyl groups is 1. The highest BCUT2D eigenvalue weighted by Gasteiger charge is 2.21. The highest BCUT2D eigenvalue weighted by Crippen LogP contribution is 2.27. The topological polar surface area (TPSA) is 103 Å². The smallest absolute Gasteiger partial charge is 0.259 e. The third-order valence-corrected chi connectivity index (χ3v) is 4.96. The Morgan fingerprint density at radius 1 is 1.15 bits per heavy atom. The number of aromatic amines is 1. The van der Waals surface area contributed by atoms with Crippen molar-refractivity contribution >= 4 is 28.2 Å². The molecule has 4 N–H and O–H groups in total. The fourth-order valence-electron chi connectivity index (χ4n) is 3.53. The third kappa shape index (κ3) is 3.93. The van der Waals surface area contributed by atoms with Crippen LogP contribution in [0.4, 0.5) is 17.5 Å². The summed E-state index contributed by atoms with van der Waals surface area (Å²) in [6.07, 6.45) is 6.39. The quantitative estimate of drug-likeness (QED) is 0.567. The van der Waals surface area contributed by atoms with Gasteiger partial charge in [-0.15, -0.1) is 0 Å². The molecule has 0 atom stereocenters. The summed E-state index contributed by atoms with van der Waals surface area (Å²) in [6, 6.07) is 7.78. The van der Waals surface area contributed by atoms with Crippen molar-refractivity contribution in [1.82, 2.24) is 15.0 Å². The molecule has 140 valence electrons. The molecule has 1 aliphatic carbocycles. The lowest BCUT2D eigenvalue weighted by atomic mass is 9.93. The van der Waals surface area contributed by atoms with Gasteiger partial charge in [-0.25, -0.2) is 9.97 Å². The number of aliphatic hydroxyl groups excluding tert-OH is 1. The van der Waals surface area contributed by atoms with Crippen molar-refractivity contribution in [3.05, 3.63) is 52.6 Å². The molecule has 0 bridgehead atoms.